The van der Waals surface area contributed by atoms with Crippen LogP contribution in [-0.4, -0.2) is 52.7 Å². The Morgan fingerprint density at radius 3 is 2.75 bits per heavy atom. The van der Waals surface area contributed by atoms with E-state index in [1.54, 1.807) is 18.2 Å². The molecular weight excluding hydrogens is 306 g/mol. The largest absolute Gasteiger partial charge is 0.485 e. The molecule has 0 amide bonds. The number of ether oxygens (including phenoxy) is 1. The Morgan fingerprint density at radius 1 is 1.33 bits per heavy atom. The molecule has 0 spiro atoms. The minimum atomic E-state index is -0.839. The number of rotatable bonds is 1. The maximum Gasteiger partial charge on any atom is 0.213 e. The summed E-state index contributed by atoms with van der Waals surface area (Å²) in [5.41, 5.74) is 0.437. The zero-order valence-corrected chi connectivity index (χ0v) is 13.9. The molecule has 24 heavy (non-hydrogen) atoms. The normalized spacial score (nSPS) is 26.5. The van der Waals surface area contributed by atoms with Crippen molar-refractivity contribution in [1.29, 1.82) is 10.5 Å². The average Bonchev–Trinajstić information content (AvgIpc) is 2.89. The molecule has 1 fully saturated rings. The van der Waals surface area contributed by atoms with E-state index in [4.69, 9.17) is 10.00 Å². The van der Waals surface area contributed by atoms with Gasteiger partial charge in [0, 0.05) is 25.7 Å². The van der Waals surface area contributed by atoms with Gasteiger partial charge in [0.1, 0.15) is 17.5 Å². The highest BCUT2D eigenvalue weighted by Crippen LogP contribution is 2.44. The lowest BCUT2D eigenvalue weighted by Crippen LogP contribution is -2.54. The third-order valence-corrected chi connectivity index (χ3v) is 4.60. The lowest BCUT2D eigenvalue weighted by atomic mass is 9.85. The van der Waals surface area contributed by atoms with E-state index in [9.17, 15) is 10.4 Å². The fourth-order valence-corrected chi connectivity index (χ4v) is 3.31. The molecule has 124 valence electrons. The first-order chi connectivity index (χ1) is 11.4. The molecule has 1 aromatic rings. The first-order valence-electron chi connectivity index (χ1n) is 7.74. The second-order valence-corrected chi connectivity index (χ2v) is 6.59. The summed E-state index contributed by atoms with van der Waals surface area (Å²) in [6.07, 6.45) is 0.992. The summed E-state index contributed by atoms with van der Waals surface area (Å²) < 4.78 is 5.94. The number of aliphatic hydroxyl groups excluding tert-OH is 1. The number of guanidine groups is 1. The van der Waals surface area contributed by atoms with Crippen molar-refractivity contribution < 1.29 is 9.84 Å². The minimum Gasteiger partial charge on any atom is -0.485 e. The van der Waals surface area contributed by atoms with Gasteiger partial charge in [-0.1, -0.05) is 0 Å². The quantitative estimate of drug-likeness (QED) is 0.780. The van der Waals surface area contributed by atoms with Crippen LogP contribution in [0.15, 0.2) is 23.2 Å². The molecule has 0 radical (unpaired) electrons. The van der Waals surface area contributed by atoms with E-state index in [0.717, 1.165) is 5.56 Å². The molecule has 2 aliphatic rings. The Labute approximate surface area is 141 Å². The van der Waals surface area contributed by atoms with Crippen LogP contribution in [0.25, 0.3) is 0 Å². The molecule has 2 aliphatic heterocycles. The van der Waals surface area contributed by atoms with Crippen molar-refractivity contribution in [2.24, 2.45) is 4.99 Å². The molecule has 1 saturated heterocycles. The monoisotopic (exact) mass is 325 g/mol. The number of nitrogens with zero attached hydrogens (tertiary/aromatic N) is 5. The lowest BCUT2D eigenvalue weighted by molar-refractivity contribution is -0.0801. The Morgan fingerprint density at radius 2 is 2.08 bits per heavy atom. The topological polar surface area (TPSA) is 95.9 Å². The molecule has 2 heterocycles. The van der Waals surface area contributed by atoms with Gasteiger partial charge in [-0.15, -0.1) is 4.99 Å². The Kier molecular flexibility index (Phi) is 3.82. The van der Waals surface area contributed by atoms with Gasteiger partial charge < -0.3 is 19.6 Å². The van der Waals surface area contributed by atoms with Crippen LogP contribution in [0.5, 0.6) is 5.75 Å². The van der Waals surface area contributed by atoms with Crippen LogP contribution in [0.1, 0.15) is 31.0 Å². The van der Waals surface area contributed by atoms with Crippen LogP contribution in [0.2, 0.25) is 0 Å². The Hall–Kier alpha value is -2.77. The predicted molar refractivity (Wildman–Crippen MR) is 87.0 cm³/mol. The predicted octanol–water partition coefficient (Wildman–Crippen LogP) is 1.22. The molecule has 1 N–H and O–H groups in total. The zero-order chi connectivity index (χ0) is 17.5. The van der Waals surface area contributed by atoms with Crippen LogP contribution < -0.4 is 4.74 Å². The van der Waals surface area contributed by atoms with Crippen molar-refractivity contribution in [1.82, 2.24) is 9.80 Å². The highest BCUT2D eigenvalue weighted by Gasteiger charge is 2.47. The van der Waals surface area contributed by atoms with Gasteiger partial charge in [-0.2, -0.15) is 10.5 Å². The zero-order valence-electron chi connectivity index (χ0n) is 13.9. The summed E-state index contributed by atoms with van der Waals surface area (Å²) in [5.74, 6) is 1.16. The molecular formula is C17H19N5O2. The third kappa shape index (κ3) is 2.44. The van der Waals surface area contributed by atoms with Gasteiger partial charge >= 0.3 is 0 Å². The summed E-state index contributed by atoms with van der Waals surface area (Å²) in [4.78, 5) is 7.71. The van der Waals surface area contributed by atoms with E-state index in [0.29, 0.717) is 30.4 Å². The van der Waals surface area contributed by atoms with Gasteiger partial charge in [-0.05, 0) is 32.0 Å². The van der Waals surface area contributed by atoms with Gasteiger partial charge in [-0.3, -0.25) is 0 Å². The van der Waals surface area contributed by atoms with E-state index in [-0.39, 0.29) is 0 Å². The highest BCUT2D eigenvalue weighted by molar-refractivity contribution is 5.83. The maximum absolute atomic E-state index is 10.9. The van der Waals surface area contributed by atoms with Crippen molar-refractivity contribution in [3.05, 3.63) is 29.3 Å². The second-order valence-electron chi connectivity index (χ2n) is 6.59. The standard InChI is InChI=1S/C17H19N5O2/c1-17(2)15(23)14(22-7-6-21(3)16(22)20-10-19)12-8-11(9-18)4-5-13(12)24-17/h4-5,8,14-15,23H,6-7H2,1-3H3/b20-16+/t14-,15+/m0/s1. The number of nitriles is 2. The van der Waals surface area contributed by atoms with E-state index in [1.165, 1.54) is 0 Å². The van der Waals surface area contributed by atoms with Gasteiger partial charge in [0.15, 0.2) is 0 Å². The minimum absolute atomic E-state index is 0.436. The van der Waals surface area contributed by atoms with Crippen LogP contribution >= 0.6 is 0 Å². The molecule has 0 aromatic heterocycles. The number of hydrogen-bond donors (Lipinski definition) is 1. The first kappa shape index (κ1) is 16.1. The fourth-order valence-electron chi connectivity index (χ4n) is 3.31. The van der Waals surface area contributed by atoms with Crippen molar-refractivity contribution in [3.63, 3.8) is 0 Å². The van der Waals surface area contributed by atoms with Crippen LogP contribution in [0.4, 0.5) is 0 Å². The number of hydrogen-bond acceptors (Lipinski definition) is 5. The van der Waals surface area contributed by atoms with Crippen LogP contribution in [0, 0.1) is 22.8 Å². The summed E-state index contributed by atoms with van der Waals surface area (Å²) in [7, 11) is 1.86. The molecule has 7 nitrogen and oxygen atoms in total. The third-order valence-electron chi connectivity index (χ3n) is 4.60. The molecule has 0 bridgehead atoms. The maximum atomic E-state index is 10.9. The van der Waals surface area contributed by atoms with E-state index >= 15 is 0 Å². The summed E-state index contributed by atoms with van der Waals surface area (Å²) in [6, 6.07) is 6.88. The van der Waals surface area contributed by atoms with Crippen molar-refractivity contribution >= 4 is 5.96 Å². The first-order valence-corrected chi connectivity index (χ1v) is 7.74. The molecule has 3 rings (SSSR count). The fraction of sp³-hybridized carbons (Fsp3) is 0.471. The number of aliphatic hydroxyl groups is 1. The van der Waals surface area contributed by atoms with E-state index in [1.807, 2.05) is 36.9 Å². The molecule has 7 heteroatoms. The SMILES string of the molecule is CN1CCN([C@H]2c3cc(C#N)ccc3OC(C)(C)[C@@H]2O)/C1=N/C#N. The number of fused-ring (bicyclic) bond motifs is 1. The highest BCUT2D eigenvalue weighted by atomic mass is 16.5. The number of aliphatic imine (C=N–C) groups is 1. The Balaban J connectivity index is 2.14. The molecule has 0 unspecified atom stereocenters. The number of benzene rings is 1. The molecule has 0 aliphatic carbocycles. The smallest absolute Gasteiger partial charge is 0.213 e. The van der Waals surface area contributed by atoms with Gasteiger partial charge in [0.25, 0.3) is 0 Å². The van der Waals surface area contributed by atoms with E-state index in [2.05, 4.69) is 11.1 Å². The summed E-state index contributed by atoms with van der Waals surface area (Å²) in [5, 5.41) is 29.1. The van der Waals surface area contributed by atoms with Gasteiger partial charge in [0.05, 0.1) is 17.7 Å². The molecule has 1 aromatic carbocycles. The van der Waals surface area contributed by atoms with Crippen molar-refractivity contribution in [2.45, 2.75) is 31.6 Å². The van der Waals surface area contributed by atoms with Gasteiger partial charge in [0.2, 0.25) is 12.2 Å². The molecule has 2 atom stereocenters. The van der Waals surface area contributed by atoms with Crippen LogP contribution in [0.3, 0.4) is 0 Å². The van der Waals surface area contributed by atoms with E-state index < -0.39 is 17.7 Å². The molecule has 0 saturated carbocycles. The Bertz CT molecular complexity index is 774. The summed E-state index contributed by atoms with van der Waals surface area (Å²) in [6.45, 7) is 4.99. The average molecular weight is 325 g/mol. The lowest BCUT2D eigenvalue weighted by Gasteiger charge is -2.45. The summed E-state index contributed by atoms with van der Waals surface area (Å²) >= 11 is 0. The van der Waals surface area contributed by atoms with Gasteiger partial charge in [-0.25, -0.2) is 0 Å². The van der Waals surface area contributed by atoms with Crippen molar-refractivity contribution in [3.8, 4) is 18.0 Å². The van der Waals surface area contributed by atoms with Crippen molar-refractivity contribution in [2.75, 3.05) is 20.1 Å². The number of likely N-dealkylation sites (N-methyl/N-ethyl adjacent to an activating group) is 1. The second kappa shape index (κ2) is 5.70. The van der Waals surface area contributed by atoms with Crippen LogP contribution in [-0.2, 0) is 0 Å².